The van der Waals surface area contributed by atoms with Crippen molar-refractivity contribution in [1.82, 2.24) is 0 Å². The summed E-state index contributed by atoms with van der Waals surface area (Å²) in [5.74, 6) is -0.266. The number of hydrogen-bond acceptors (Lipinski definition) is 3. The van der Waals surface area contributed by atoms with Crippen molar-refractivity contribution in [1.29, 1.82) is 0 Å². The van der Waals surface area contributed by atoms with E-state index in [0.717, 1.165) is 5.56 Å². The lowest BCUT2D eigenvalue weighted by Gasteiger charge is -2.22. The molecule has 1 fully saturated rings. The molecular formula is C13H19FN2O. The molecule has 1 aromatic rings. The van der Waals surface area contributed by atoms with Gasteiger partial charge in [0, 0.05) is 19.1 Å². The summed E-state index contributed by atoms with van der Waals surface area (Å²) in [5.41, 5.74) is 6.33. The maximum absolute atomic E-state index is 13.9. The molecule has 0 aromatic heterocycles. The minimum atomic E-state index is -0.716. The Morgan fingerprint density at radius 2 is 2.24 bits per heavy atom. The average molecular weight is 238 g/mol. The van der Waals surface area contributed by atoms with Crippen molar-refractivity contribution in [3.05, 3.63) is 29.6 Å². The zero-order valence-corrected chi connectivity index (χ0v) is 10.3. The fourth-order valence-corrected chi connectivity index (χ4v) is 2.21. The van der Waals surface area contributed by atoms with Crippen LogP contribution < -0.4 is 10.6 Å². The van der Waals surface area contributed by atoms with E-state index in [1.54, 1.807) is 13.0 Å². The highest BCUT2D eigenvalue weighted by atomic mass is 19.1. The number of anilines is 1. The van der Waals surface area contributed by atoms with E-state index in [-0.39, 0.29) is 11.9 Å². The Labute approximate surface area is 101 Å². The molecule has 2 rings (SSSR count). The second-order valence-electron chi connectivity index (χ2n) is 5.17. The second kappa shape index (κ2) is 4.27. The summed E-state index contributed by atoms with van der Waals surface area (Å²) in [6, 6.07) is 4.90. The second-order valence-corrected chi connectivity index (χ2v) is 5.17. The lowest BCUT2D eigenvalue weighted by Crippen LogP contribution is -2.30. The van der Waals surface area contributed by atoms with E-state index in [0.29, 0.717) is 25.2 Å². The Morgan fingerprint density at radius 3 is 2.71 bits per heavy atom. The molecule has 0 saturated carbocycles. The summed E-state index contributed by atoms with van der Waals surface area (Å²) >= 11 is 0. The third kappa shape index (κ3) is 2.58. The number of halogens is 1. The first-order chi connectivity index (χ1) is 7.89. The molecule has 17 heavy (non-hydrogen) atoms. The van der Waals surface area contributed by atoms with Crippen LogP contribution in [0.5, 0.6) is 0 Å². The van der Waals surface area contributed by atoms with Gasteiger partial charge in [-0.15, -0.1) is 0 Å². The van der Waals surface area contributed by atoms with Crippen LogP contribution in [0.4, 0.5) is 10.1 Å². The third-order valence-corrected chi connectivity index (χ3v) is 3.29. The molecule has 1 unspecified atom stereocenters. The largest absolute Gasteiger partial charge is 0.388 e. The van der Waals surface area contributed by atoms with Crippen LogP contribution >= 0.6 is 0 Å². The van der Waals surface area contributed by atoms with Crippen molar-refractivity contribution < 1.29 is 9.50 Å². The number of benzene rings is 1. The van der Waals surface area contributed by atoms with Crippen molar-refractivity contribution in [2.24, 2.45) is 5.73 Å². The predicted octanol–water partition coefficient (Wildman–Crippen LogP) is 1.81. The van der Waals surface area contributed by atoms with Crippen molar-refractivity contribution in [2.75, 3.05) is 18.0 Å². The summed E-state index contributed by atoms with van der Waals surface area (Å²) in [7, 11) is 0. The van der Waals surface area contributed by atoms with Gasteiger partial charge in [0.05, 0.1) is 11.3 Å². The first-order valence-electron chi connectivity index (χ1n) is 5.91. The van der Waals surface area contributed by atoms with Gasteiger partial charge in [0.25, 0.3) is 0 Å². The minimum absolute atomic E-state index is 0.166. The van der Waals surface area contributed by atoms with Crippen LogP contribution in [0.3, 0.4) is 0 Å². The first-order valence-corrected chi connectivity index (χ1v) is 5.91. The normalized spacial score (nSPS) is 26.3. The molecule has 3 N–H and O–H groups in total. The smallest absolute Gasteiger partial charge is 0.146 e. The Bertz CT molecular complexity index is 418. The molecule has 1 saturated heterocycles. The van der Waals surface area contributed by atoms with Gasteiger partial charge in [-0.1, -0.05) is 6.07 Å². The van der Waals surface area contributed by atoms with E-state index < -0.39 is 5.60 Å². The van der Waals surface area contributed by atoms with Crippen LogP contribution in [0.2, 0.25) is 0 Å². The van der Waals surface area contributed by atoms with Gasteiger partial charge < -0.3 is 15.7 Å². The molecule has 1 aliphatic heterocycles. The SMILES string of the molecule is C[C@@H](N)c1ccc(N2CCC(C)(O)C2)c(F)c1. The molecular weight excluding hydrogens is 219 g/mol. The van der Waals surface area contributed by atoms with Gasteiger partial charge in [-0.2, -0.15) is 0 Å². The molecule has 1 aromatic carbocycles. The van der Waals surface area contributed by atoms with Gasteiger partial charge >= 0.3 is 0 Å². The number of rotatable bonds is 2. The van der Waals surface area contributed by atoms with Crippen LogP contribution in [0.25, 0.3) is 0 Å². The van der Waals surface area contributed by atoms with Gasteiger partial charge in [-0.05, 0) is 38.0 Å². The molecule has 0 radical (unpaired) electrons. The number of nitrogens with two attached hydrogens (primary N) is 1. The van der Waals surface area contributed by atoms with E-state index in [1.165, 1.54) is 6.07 Å². The molecule has 0 amide bonds. The maximum Gasteiger partial charge on any atom is 0.146 e. The molecule has 1 heterocycles. The average Bonchev–Trinajstić information content (AvgIpc) is 2.58. The summed E-state index contributed by atoms with van der Waals surface area (Å²) < 4.78 is 13.9. The Kier molecular flexibility index (Phi) is 3.10. The zero-order valence-electron chi connectivity index (χ0n) is 10.3. The number of hydrogen-bond donors (Lipinski definition) is 2. The molecule has 3 nitrogen and oxygen atoms in total. The van der Waals surface area contributed by atoms with Crippen LogP contribution in [0, 0.1) is 5.82 Å². The predicted molar refractivity (Wildman–Crippen MR) is 66.5 cm³/mol. The monoisotopic (exact) mass is 238 g/mol. The molecule has 94 valence electrons. The summed E-state index contributed by atoms with van der Waals surface area (Å²) in [4.78, 5) is 1.88. The topological polar surface area (TPSA) is 49.5 Å². The van der Waals surface area contributed by atoms with E-state index in [9.17, 15) is 9.50 Å². The summed E-state index contributed by atoms with van der Waals surface area (Å²) in [5, 5.41) is 9.88. The van der Waals surface area contributed by atoms with Crippen molar-refractivity contribution >= 4 is 5.69 Å². The molecule has 2 atom stereocenters. The van der Waals surface area contributed by atoms with Gasteiger partial charge in [0.2, 0.25) is 0 Å². The molecule has 4 heteroatoms. The summed E-state index contributed by atoms with van der Waals surface area (Å²) in [6.07, 6.45) is 0.668. The Balaban J connectivity index is 2.23. The van der Waals surface area contributed by atoms with E-state index in [4.69, 9.17) is 5.73 Å². The highest BCUT2D eigenvalue weighted by Gasteiger charge is 2.32. The third-order valence-electron chi connectivity index (χ3n) is 3.29. The highest BCUT2D eigenvalue weighted by molar-refractivity contribution is 5.51. The van der Waals surface area contributed by atoms with Crippen LogP contribution in [0.15, 0.2) is 18.2 Å². The Hall–Kier alpha value is -1.13. The van der Waals surface area contributed by atoms with Crippen molar-refractivity contribution in [3.63, 3.8) is 0 Å². The lowest BCUT2D eigenvalue weighted by molar-refractivity contribution is 0.0839. The van der Waals surface area contributed by atoms with Crippen LogP contribution in [-0.4, -0.2) is 23.8 Å². The molecule has 1 aliphatic rings. The van der Waals surface area contributed by atoms with Gasteiger partial charge in [-0.25, -0.2) is 4.39 Å². The summed E-state index contributed by atoms with van der Waals surface area (Å²) in [6.45, 7) is 4.76. The van der Waals surface area contributed by atoms with E-state index >= 15 is 0 Å². The molecule has 0 spiro atoms. The van der Waals surface area contributed by atoms with Gasteiger partial charge in [0.1, 0.15) is 5.82 Å². The minimum Gasteiger partial charge on any atom is -0.388 e. The van der Waals surface area contributed by atoms with E-state index in [2.05, 4.69) is 0 Å². The molecule has 0 bridgehead atoms. The van der Waals surface area contributed by atoms with Crippen LogP contribution in [-0.2, 0) is 0 Å². The van der Waals surface area contributed by atoms with Crippen LogP contribution in [0.1, 0.15) is 31.9 Å². The fraction of sp³-hybridized carbons (Fsp3) is 0.538. The zero-order chi connectivity index (χ0) is 12.6. The van der Waals surface area contributed by atoms with Crippen molar-refractivity contribution in [3.8, 4) is 0 Å². The molecule has 0 aliphatic carbocycles. The number of β-amino-alcohol motifs (C(OH)–C–C–N with tert-alkyl or cyclic N) is 1. The quantitative estimate of drug-likeness (QED) is 0.826. The standard InChI is InChI=1S/C13H19FN2O/c1-9(15)10-3-4-12(11(14)7-10)16-6-5-13(2,17)8-16/h3-4,7,9,17H,5-6,8,15H2,1-2H3/t9-,13?/m1/s1. The fourth-order valence-electron chi connectivity index (χ4n) is 2.21. The number of nitrogens with zero attached hydrogens (tertiary/aromatic N) is 1. The van der Waals surface area contributed by atoms with E-state index in [1.807, 2.05) is 17.9 Å². The maximum atomic E-state index is 13.9. The highest BCUT2D eigenvalue weighted by Crippen LogP contribution is 2.29. The van der Waals surface area contributed by atoms with Crippen molar-refractivity contribution in [2.45, 2.75) is 31.9 Å². The first kappa shape index (κ1) is 12.3. The Morgan fingerprint density at radius 1 is 1.53 bits per heavy atom. The lowest BCUT2D eigenvalue weighted by atomic mass is 10.1. The van der Waals surface area contributed by atoms with Gasteiger partial charge in [0.15, 0.2) is 0 Å². The number of aliphatic hydroxyl groups is 1. The van der Waals surface area contributed by atoms with Gasteiger partial charge in [-0.3, -0.25) is 0 Å².